The number of carbonyl (C=O) groups is 1. The highest BCUT2D eigenvalue weighted by atomic mass is 32.1. The fourth-order valence-electron chi connectivity index (χ4n) is 2.52. The van der Waals surface area contributed by atoms with Crippen molar-refractivity contribution in [1.82, 2.24) is 9.97 Å². The second-order valence-corrected chi connectivity index (χ2v) is 8.42. The van der Waals surface area contributed by atoms with Gasteiger partial charge in [0.2, 0.25) is 12.7 Å². The molecule has 2 aromatic heterocycles. The summed E-state index contributed by atoms with van der Waals surface area (Å²) in [5.41, 5.74) is 0.508. The normalized spacial score (nSPS) is 13.1. The number of oxazole rings is 1. The van der Waals surface area contributed by atoms with E-state index in [1.54, 1.807) is 36.7 Å². The molecule has 1 aliphatic rings. The average Bonchev–Trinajstić information content (AvgIpc) is 3.39. The largest absolute Gasteiger partial charge is 0.454 e. The lowest BCUT2D eigenvalue weighted by molar-refractivity contribution is 0.174. The van der Waals surface area contributed by atoms with E-state index in [0.29, 0.717) is 28.2 Å². The van der Waals surface area contributed by atoms with Crippen LogP contribution in [-0.4, -0.2) is 22.8 Å². The molecule has 1 aliphatic heterocycles. The van der Waals surface area contributed by atoms with Gasteiger partial charge < -0.3 is 19.2 Å². The van der Waals surface area contributed by atoms with E-state index in [2.05, 4.69) is 41.4 Å². The molecule has 9 heteroatoms. The van der Waals surface area contributed by atoms with Crippen LogP contribution in [0.3, 0.4) is 0 Å². The molecule has 0 saturated heterocycles. The molecule has 2 N–H and O–H groups in total. The van der Waals surface area contributed by atoms with Crippen LogP contribution in [0.2, 0.25) is 0 Å². The van der Waals surface area contributed by atoms with Crippen LogP contribution in [0.15, 0.2) is 35.0 Å². The van der Waals surface area contributed by atoms with Gasteiger partial charge in [0.15, 0.2) is 16.6 Å². The SMILES string of the molecule is CC(C)(C)c1cnc(/C=C/c2cnc(NC(=O)Nc3ccc4c(c3)OCO4)s2)o1. The van der Waals surface area contributed by atoms with Crippen molar-refractivity contribution < 1.29 is 18.7 Å². The van der Waals surface area contributed by atoms with Crippen molar-refractivity contribution in [2.24, 2.45) is 0 Å². The Morgan fingerprint density at radius 1 is 1.10 bits per heavy atom. The first-order chi connectivity index (χ1) is 13.9. The number of fused-ring (bicyclic) bond motifs is 1. The number of nitrogens with one attached hydrogen (secondary N) is 2. The van der Waals surface area contributed by atoms with Crippen molar-refractivity contribution in [3.05, 3.63) is 47.1 Å². The highest BCUT2D eigenvalue weighted by Gasteiger charge is 2.18. The van der Waals surface area contributed by atoms with Gasteiger partial charge >= 0.3 is 6.03 Å². The zero-order valence-corrected chi connectivity index (χ0v) is 17.0. The monoisotopic (exact) mass is 412 g/mol. The Morgan fingerprint density at radius 2 is 1.93 bits per heavy atom. The van der Waals surface area contributed by atoms with Gasteiger partial charge in [0.25, 0.3) is 0 Å². The number of hydrogen-bond donors (Lipinski definition) is 2. The summed E-state index contributed by atoms with van der Waals surface area (Å²) in [7, 11) is 0. The van der Waals surface area contributed by atoms with Crippen LogP contribution in [0.25, 0.3) is 12.2 Å². The second-order valence-electron chi connectivity index (χ2n) is 7.36. The lowest BCUT2D eigenvalue weighted by Gasteiger charge is -2.12. The first kappa shape index (κ1) is 19.0. The molecule has 0 bridgehead atoms. The summed E-state index contributed by atoms with van der Waals surface area (Å²) in [5, 5.41) is 5.93. The molecule has 0 aliphatic carbocycles. The van der Waals surface area contributed by atoms with E-state index in [-0.39, 0.29) is 12.2 Å². The number of hydrogen-bond acceptors (Lipinski definition) is 7. The third-order valence-corrected chi connectivity index (χ3v) is 4.91. The van der Waals surface area contributed by atoms with E-state index >= 15 is 0 Å². The summed E-state index contributed by atoms with van der Waals surface area (Å²) in [6.45, 7) is 6.38. The van der Waals surface area contributed by atoms with Crippen LogP contribution in [0, 0.1) is 0 Å². The van der Waals surface area contributed by atoms with Crippen LogP contribution < -0.4 is 20.1 Å². The molecule has 150 valence electrons. The fourth-order valence-corrected chi connectivity index (χ4v) is 3.23. The predicted octanol–water partition coefficient (Wildman–Crippen LogP) is 4.97. The highest BCUT2D eigenvalue weighted by Crippen LogP contribution is 2.34. The molecule has 0 unspecified atom stereocenters. The van der Waals surface area contributed by atoms with E-state index < -0.39 is 6.03 Å². The summed E-state index contributed by atoms with van der Waals surface area (Å²) in [6, 6.07) is 4.81. The lowest BCUT2D eigenvalue weighted by Crippen LogP contribution is -2.19. The second kappa shape index (κ2) is 7.59. The maximum absolute atomic E-state index is 12.2. The minimum absolute atomic E-state index is 0.0913. The van der Waals surface area contributed by atoms with Gasteiger partial charge in [-0.25, -0.2) is 14.8 Å². The van der Waals surface area contributed by atoms with Gasteiger partial charge in [0, 0.05) is 34.3 Å². The molecule has 0 fully saturated rings. The molecule has 0 saturated carbocycles. The van der Waals surface area contributed by atoms with E-state index in [1.807, 2.05) is 6.08 Å². The third kappa shape index (κ3) is 4.57. The first-order valence-electron chi connectivity index (χ1n) is 8.95. The maximum Gasteiger partial charge on any atom is 0.325 e. The number of aromatic nitrogens is 2. The zero-order chi connectivity index (χ0) is 20.4. The quantitative estimate of drug-likeness (QED) is 0.628. The van der Waals surface area contributed by atoms with Gasteiger partial charge in [-0.3, -0.25) is 5.32 Å². The van der Waals surface area contributed by atoms with Gasteiger partial charge in [0.05, 0.1) is 6.20 Å². The van der Waals surface area contributed by atoms with Crippen molar-refractivity contribution in [2.75, 3.05) is 17.4 Å². The summed E-state index contributed by atoms with van der Waals surface area (Å²) in [6.07, 6.45) is 7.03. The number of thiazole rings is 1. The Hall–Kier alpha value is -3.33. The molecule has 0 atom stereocenters. The minimum atomic E-state index is -0.392. The molecule has 29 heavy (non-hydrogen) atoms. The van der Waals surface area contributed by atoms with E-state index in [1.165, 1.54) is 11.3 Å². The van der Waals surface area contributed by atoms with E-state index in [0.717, 1.165) is 10.6 Å². The molecular weight excluding hydrogens is 392 g/mol. The van der Waals surface area contributed by atoms with Crippen LogP contribution >= 0.6 is 11.3 Å². The molecule has 2 amide bonds. The third-order valence-electron chi connectivity index (χ3n) is 4.03. The Morgan fingerprint density at radius 3 is 2.72 bits per heavy atom. The number of nitrogens with zero attached hydrogens (tertiary/aromatic N) is 2. The number of urea groups is 1. The molecule has 0 radical (unpaired) electrons. The first-order valence-corrected chi connectivity index (χ1v) is 9.76. The number of benzene rings is 1. The molecule has 3 heterocycles. The predicted molar refractivity (Wildman–Crippen MR) is 111 cm³/mol. The topological polar surface area (TPSA) is 98.5 Å². The summed E-state index contributed by atoms with van der Waals surface area (Å²) < 4.78 is 16.3. The van der Waals surface area contributed by atoms with Crippen LogP contribution in [0.1, 0.15) is 37.3 Å². The molecule has 0 spiro atoms. The van der Waals surface area contributed by atoms with Gasteiger partial charge in [-0.15, -0.1) is 0 Å². The summed E-state index contributed by atoms with van der Waals surface area (Å²) in [4.78, 5) is 21.5. The number of carbonyl (C=O) groups excluding carboxylic acids is 1. The molecule has 4 rings (SSSR count). The standard InChI is InChI=1S/C20H20N4O4S/c1-20(2,3)16-10-21-17(28-16)7-5-13-9-22-19(29-13)24-18(25)23-12-4-6-14-15(8-12)27-11-26-14/h4-10H,11H2,1-3H3,(H2,22,23,24,25)/b7-5+. The number of ether oxygens (including phenoxy) is 2. The van der Waals surface area contributed by atoms with Crippen LogP contribution in [-0.2, 0) is 5.41 Å². The highest BCUT2D eigenvalue weighted by molar-refractivity contribution is 7.16. The van der Waals surface area contributed by atoms with Gasteiger partial charge in [-0.1, -0.05) is 32.1 Å². The molecule has 3 aromatic rings. The fraction of sp³-hybridized carbons (Fsp3) is 0.250. The van der Waals surface area contributed by atoms with Crippen molar-refractivity contribution in [2.45, 2.75) is 26.2 Å². The molecular formula is C20H20N4O4S. The van der Waals surface area contributed by atoms with Gasteiger partial charge in [0.1, 0.15) is 5.76 Å². The average molecular weight is 412 g/mol. The number of anilines is 2. The summed E-state index contributed by atoms with van der Waals surface area (Å²) >= 11 is 1.34. The smallest absolute Gasteiger partial charge is 0.325 e. The lowest BCUT2D eigenvalue weighted by atomic mass is 9.94. The molecule has 1 aromatic carbocycles. The van der Waals surface area contributed by atoms with Crippen LogP contribution in [0.5, 0.6) is 11.5 Å². The number of rotatable bonds is 4. The zero-order valence-electron chi connectivity index (χ0n) is 16.2. The van der Waals surface area contributed by atoms with Gasteiger partial charge in [-0.2, -0.15) is 0 Å². The Labute approximate surface area is 171 Å². The van der Waals surface area contributed by atoms with E-state index in [4.69, 9.17) is 13.9 Å². The molecule has 8 nitrogen and oxygen atoms in total. The minimum Gasteiger partial charge on any atom is -0.454 e. The Kier molecular flexibility index (Phi) is 4.98. The maximum atomic E-state index is 12.2. The number of amides is 2. The van der Waals surface area contributed by atoms with Crippen molar-refractivity contribution >= 4 is 40.3 Å². The van der Waals surface area contributed by atoms with Gasteiger partial charge in [-0.05, 0) is 18.2 Å². The Bertz CT molecular complexity index is 1060. The van der Waals surface area contributed by atoms with Crippen LogP contribution in [0.4, 0.5) is 15.6 Å². The van der Waals surface area contributed by atoms with Crippen molar-refractivity contribution in [1.29, 1.82) is 0 Å². The van der Waals surface area contributed by atoms with Crippen molar-refractivity contribution in [3.8, 4) is 11.5 Å². The van der Waals surface area contributed by atoms with Crippen molar-refractivity contribution in [3.63, 3.8) is 0 Å². The van der Waals surface area contributed by atoms with E-state index in [9.17, 15) is 4.79 Å². The Balaban J connectivity index is 1.35. The summed E-state index contributed by atoms with van der Waals surface area (Å²) in [5.74, 6) is 2.61.